The highest BCUT2D eigenvalue weighted by molar-refractivity contribution is 5.85. The number of hydrogen-bond donors (Lipinski definition) is 3. The lowest BCUT2D eigenvalue weighted by Crippen LogP contribution is -2.53. The maximum Gasteiger partial charge on any atom is 0.317 e. The molecule has 96 valence electrons. The topological polar surface area (TPSA) is 98.7 Å². The maximum atomic E-state index is 11.6. The highest BCUT2D eigenvalue weighted by Gasteiger charge is 2.20. The van der Waals surface area contributed by atoms with E-state index in [2.05, 4.69) is 10.6 Å². The molecular weight excluding hydrogens is 226 g/mol. The zero-order valence-electron chi connectivity index (χ0n) is 9.57. The summed E-state index contributed by atoms with van der Waals surface area (Å²) in [5.74, 6) is -0.985. The third kappa shape index (κ3) is 5.19. The summed E-state index contributed by atoms with van der Waals surface area (Å²) in [4.78, 5) is 34.3. The molecule has 1 aliphatic rings. The van der Waals surface area contributed by atoms with Gasteiger partial charge in [0.2, 0.25) is 5.91 Å². The fourth-order valence-corrected chi connectivity index (χ4v) is 1.52. The predicted octanol–water partition coefficient (Wildman–Crippen LogP) is -0.617. The number of rotatable bonds is 5. The van der Waals surface area contributed by atoms with Gasteiger partial charge in [0.1, 0.15) is 6.54 Å². The third-order valence-electron chi connectivity index (χ3n) is 2.42. The molecule has 1 saturated heterocycles. The minimum absolute atomic E-state index is 0.0843. The van der Waals surface area contributed by atoms with Crippen molar-refractivity contribution in [2.45, 2.75) is 19.3 Å². The largest absolute Gasteiger partial charge is 0.481 e. The van der Waals surface area contributed by atoms with Gasteiger partial charge >= 0.3 is 12.0 Å². The smallest absolute Gasteiger partial charge is 0.317 e. The number of amides is 3. The zero-order chi connectivity index (χ0) is 12.7. The number of urea groups is 1. The van der Waals surface area contributed by atoms with Gasteiger partial charge in [0.05, 0.1) is 0 Å². The third-order valence-corrected chi connectivity index (χ3v) is 2.42. The molecule has 3 N–H and O–H groups in total. The maximum absolute atomic E-state index is 11.6. The van der Waals surface area contributed by atoms with Gasteiger partial charge in [0, 0.05) is 26.1 Å². The van der Waals surface area contributed by atoms with Crippen molar-refractivity contribution in [2.24, 2.45) is 0 Å². The Kier molecular flexibility index (Phi) is 5.25. The van der Waals surface area contributed by atoms with Gasteiger partial charge < -0.3 is 20.6 Å². The lowest BCUT2D eigenvalue weighted by molar-refractivity contribution is -0.137. The van der Waals surface area contributed by atoms with Crippen molar-refractivity contribution in [1.29, 1.82) is 0 Å². The van der Waals surface area contributed by atoms with Crippen molar-refractivity contribution in [3.8, 4) is 0 Å². The number of unbranched alkanes of at least 4 members (excludes halogenated alkanes) is 1. The Morgan fingerprint density at radius 1 is 1.41 bits per heavy atom. The molecule has 0 aromatic carbocycles. The molecule has 0 aliphatic carbocycles. The quantitative estimate of drug-likeness (QED) is 0.560. The Labute approximate surface area is 99.2 Å². The van der Waals surface area contributed by atoms with E-state index in [1.54, 1.807) is 0 Å². The second kappa shape index (κ2) is 6.72. The van der Waals surface area contributed by atoms with Crippen molar-refractivity contribution in [3.63, 3.8) is 0 Å². The van der Waals surface area contributed by atoms with Gasteiger partial charge in [-0.2, -0.15) is 0 Å². The second-order valence-corrected chi connectivity index (χ2v) is 3.85. The highest BCUT2D eigenvalue weighted by Crippen LogP contribution is 1.96. The van der Waals surface area contributed by atoms with Crippen LogP contribution in [-0.4, -0.2) is 54.1 Å². The van der Waals surface area contributed by atoms with Crippen LogP contribution in [0.2, 0.25) is 0 Å². The van der Waals surface area contributed by atoms with Gasteiger partial charge in [-0.15, -0.1) is 0 Å². The van der Waals surface area contributed by atoms with Gasteiger partial charge in [0.15, 0.2) is 0 Å². The van der Waals surface area contributed by atoms with E-state index in [-0.39, 0.29) is 24.9 Å². The van der Waals surface area contributed by atoms with Crippen LogP contribution in [0.4, 0.5) is 4.79 Å². The number of carbonyl (C=O) groups excluding carboxylic acids is 2. The van der Waals surface area contributed by atoms with Crippen LogP contribution in [0.3, 0.4) is 0 Å². The summed E-state index contributed by atoms with van der Waals surface area (Å²) in [7, 11) is 0. The molecule has 0 spiro atoms. The Morgan fingerprint density at radius 3 is 2.82 bits per heavy atom. The number of carbonyl (C=O) groups is 3. The van der Waals surface area contributed by atoms with E-state index in [9.17, 15) is 14.4 Å². The second-order valence-electron chi connectivity index (χ2n) is 3.85. The zero-order valence-corrected chi connectivity index (χ0v) is 9.57. The first-order chi connectivity index (χ1) is 8.09. The summed E-state index contributed by atoms with van der Waals surface area (Å²) in [5.41, 5.74) is 0. The van der Waals surface area contributed by atoms with Crippen LogP contribution in [0.1, 0.15) is 19.3 Å². The molecule has 7 nitrogen and oxygen atoms in total. The molecule has 1 rings (SSSR count). The Morgan fingerprint density at radius 2 is 2.18 bits per heavy atom. The van der Waals surface area contributed by atoms with Gasteiger partial charge in [0.25, 0.3) is 0 Å². The van der Waals surface area contributed by atoms with Gasteiger partial charge in [-0.25, -0.2) is 4.79 Å². The van der Waals surface area contributed by atoms with Crippen molar-refractivity contribution < 1.29 is 19.5 Å². The van der Waals surface area contributed by atoms with E-state index in [1.165, 1.54) is 4.90 Å². The van der Waals surface area contributed by atoms with Crippen LogP contribution in [0.15, 0.2) is 0 Å². The molecule has 1 heterocycles. The lowest BCUT2D eigenvalue weighted by Gasteiger charge is -2.26. The first-order valence-electron chi connectivity index (χ1n) is 5.61. The molecule has 1 aliphatic heterocycles. The number of aliphatic carboxylic acids is 1. The first kappa shape index (κ1) is 13.3. The van der Waals surface area contributed by atoms with E-state index in [1.807, 2.05) is 0 Å². The fourth-order valence-electron chi connectivity index (χ4n) is 1.52. The molecular formula is C10H17N3O4. The first-order valence-corrected chi connectivity index (χ1v) is 5.61. The number of piperazine rings is 1. The van der Waals surface area contributed by atoms with Crippen molar-refractivity contribution in [3.05, 3.63) is 0 Å². The Balaban J connectivity index is 2.12. The van der Waals surface area contributed by atoms with Crippen LogP contribution < -0.4 is 10.6 Å². The molecule has 0 saturated carbocycles. The summed E-state index contributed by atoms with van der Waals surface area (Å²) in [6.07, 6.45) is 1.27. The van der Waals surface area contributed by atoms with E-state index in [0.717, 1.165) is 0 Å². The summed E-state index contributed by atoms with van der Waals surface area (Å²) >= 11 is 0. The molecule has 0 bridgehead atoms. The van der Waals surface area contributed by atoms with Gasteiger partial charge in [-0.05, 0) is 12.8 Å². The van der Waals surface area contributed by atoms with E-state index in [0.29, 0.717) is 32.5 Å². The van der Waals surface area contributed by atoms with Crippen LogP contribution in [0.5, 0.6) is 0 Å². The monoisotopic (exact) mass is 243 g/mol. The van der Waals surface area contributed by atoms with Crippen LogP contribution in [-0.2, 0) is 9.59 Å². The van der Waals surface area contributed by atoms with Crippen LogP contribution in [0.25, 0.3) is 0 Å². The SMILES string of the molecule is O=C(O)CCCCNC(=O)N1CCNC(=O)C1. The molecule has 7 heteroatoms. The standard InChI is InChI=1S/C10H17N3O4/c14-8-7-13(6-5-11-8)10(17)12-4-2-1-3-9(15)16/h1-7H2,(H,11,14)(H,12,17)(H,15,16). The fraction of sp³-hybridized carbons (Fsp3) is 0.700. The summed E-state index contributed by atoms with van der Waals surface area (Å²) in [6, 6.07) is -0.268. The summed E-state index contributed by atoms with van der Waals surface area (Å²) < 4.78 is 0. The molecule has 0 aromatic rings. The van der Waals surface area contributed by atoms with Crippen LogP contribution in [0, 0.1) is 0 Å². The van der Waals surface area contributed by atoms with Gasteiger partial charge in [-0.1, -0.05) is 0 Å². The van der Waals surface area contributed by atoms with Crippen molar-refractivity contribution in [1.82, 2.24) is 15.5 Å². The molecule has 0 radical (unpaired) electrons. The van der Waals surface area contributed by atoms with E-state index >= 15 is 0 Å². The molecule has 3 amide bonds. The van der Waals surface area contributed by atoms with E-state index < -0.39 is 5.97 Å². The number of hydrogen-bond acceptors (Lipinski definition) is 3. The number of nitrogens with zero attached hydrogens (tertiary/aromatic N) is 1. The molecule has 17 heavy (non-hydrogen) atoms. The van der Waals surface area contributed by atoms with Crippen molar-refractivity contribution >= 4 is 17.9 Å². The van der Waals surface area contributed by atoms with Crippen LogP contribution >= 0.6 is 0 Å². The Hall–Kier alpha value is -1.79. The van der Waals surface area contributed by atoms with E-state index in [4.69, 9.17) is 5.11 Å². The molecule has 0 unspecified atom stereocenters. The number of carboxylic acid groups (broad SMARTS) is 1. The minimum Gasteiger partial charge on any atom is -0.481 e. The number of carboxylic acids is 1. The minimum atomic E-state index is -0.830. The van der Waals surface area contributed by atoms with Gasteiger partial charge in [-0.3, -0.25) is 9.59 Å². The highest BCUT2D eigenvalue weighted by atomic mass is 16.4. The molecule has 0 atom stereocenters. The molecule has 1 fully saturated rings. The average Bonchev–Trinajstić information content (AvgIpc) is 2.28. The number of nitrogens with one attached hydrogen (secondary N) is 2. The predicted molar refractivity (Wildman–Crippen MR) is 59.5 cm³/mol. The van der Waals surface area contributed by atoms with Crippen molar-refractivity contribution in [2.75, 3.05) is 26.2 Å². The molecule has 0 aromatic heterocycles. The Bertz CT molecular complexity index is 306. The summed E-state index contributed by atoms with van der Waals surface area (Å²) in [6.45, 7) is 1.50. The normalized spacial score (nSPS) is 15.3. The lowest BCUT2D eigenvalue weighted by atomic mass is 10.2. The average molecular weight is 243 g/mol. The summed E-state index contributed by atoms with van der Waals surface area (Å²) in [5, 5.41) is 13.7.